The predicted octanol–water partition coefficient (Wildman–Crippen LogP) is 2.45. The number of aryl methyl sites for hydroxylation is 1. The molecule has 124 valence electrons. The molecule has 0 aliphatic heterocycles. The molecule has 0 aliphatic rings. The number of hydrogen-bond donors (Lipinski definition) is 2. The van der Waals surface area contributed by atoms with Gasteiger partial charge in [0.05, 0.1) is 18.4 Å². The van der Waals surface area contributed by atoms with Gasteiger partial charge in [0.25, 0.3) is 0 Å². The lowest BCUT2D eigenvalue weighted by Gasteiger charge is -2.20. The van der Waals surface area contributed by atoms with E-state index < -0.39 is 11.7 Å². The normalized spacial score (nSPS) is 11.1. The highest BCUT2D eigenvalue weighted by Gasteiger charge is 2.16. The first kappa shape index (κ1) is 16.8. The van der Waals surface area contributed by atoms with E-state index in [1.165, 1.54) is 0 Å². The molecule has 1 aromatic heterocycles. The molecule has 0 saturated heterocycles. The maximum absolute atomic E-state index is 11.8. The van der Waals surface area contributed by atoms with Crippen LogP contribution in [0, 0.1) is 0 Å². The van der Waals surface area contributed by atoms with Crippen LogP contribution >= 0.6 is 0 Å². The van der Waals surface area contributed by atoms with Crippen LogP contribution in [0.4, 0.5) is 10.5 Å². The zero-order valence-corrected chi connectivity index (χ0v) is 14.0. The van der Waals surface area contributed by atoms with E-state index in [0.717, 1.165) is 16.9 Å². The minimum absolute atomic E-state index is 0.391. The Morgan fingerprint density at radius 3 is 2.65 bits per heavy atom. The third-order valence-corrected chi connectivity index (χ3v) is 3.11. The smallest absolute Gasteiger partial charge is 0.407 e. The van der Waals surface area contributed by atoms with E-state index in [2.05, 4.69) is 20.9 Å². The summed E-state index contributed by atoms with van der Waals surface area (Å²) >= 11 is 0. The zero-order valence-electron chi connectivity index (χ0n) is 14.0. The molecule has 0 atom stereocenters. The number of ether oxygens (including phenoxy) is 1. The third-order valence-electron chi connectivity index (χ3n) is 3.11. The SMILES string of the molecule is Cn1nncc1CNc1ccccc1CNC(=O)OC(C)(C)C. The van der Waals surface area contributed by atoms with E-state index in [1.54, 1.807) is 10.9 Å². The number of para-hydroxylation sites is 1. The van der Waals surface area contributed by atoms with Crippen LogP contribution in [0.15, 0.2) is 30.5 Å². The minimum Gasteiger partial charge on any atom is -0.444 e. The van der Waals surface area contributed by atoms with Gasteiger partial charge in [0, 0.05) is 19.3 Å². The molecule has 0 bridgehead atoms. The Hall–Kier alpha value is -2.57. The first-order valence-corrected chi connectivity index (χ1v) is 7.47. The quantitative estimate of drug-likeness (QED) is 0.885. The number of alkyl carbamates (subject to hydrolysis) is 1. The highest BCUT2D eigenvalue weighted by Crippen LogP contribution is 2.16. The van der Waals surface area contributed by atoms with Crippen molar-refractivity contribution in [3.05, 3.63) is 41.7 Å². The fraction of sp³-hybridized carbons (Fsp3) is 0.438. The van der Waals surface area contributed by atoms with E-state index in [1.807, 2.05) is 52.1 Å². The molecular weight excluding hydrogens is 294 g/mol. The van der Waals surface area contributed by atoms with Gasteiger partial charge in [-0.1, -0.05) is 23.4 Å². The number of nitrogens with zero attached hydrogens (tertiary/aromatic N) is 3. The van der Waals surface area contributed by atoms with Crippen LogP contribution in [0.1, 0.15) is 32.0 Å². The van der Waals surface area contributed by atoms with Gasteiger partial charge < -0.3 is 15.4 Å². The van der Waals surface area contributed by atoms with Crippen molar-refractivity contribution in [2.75, 3.05) is 5.32 Å². The summed E-state index contributed by atoms with van der Waals surface area (Å²) in [6, 6.07) is 7.81. The second kappa shape index (κ2) is 7.13. The Morgan fingerprint density at radius 1 is 1.26 bits per heavy atom. The number of anilines is 1. The molecular formula is C16H23N5O2. The van der Waals surface area contributed by atoms with Crippen LogP contribution < -0.4 is 10.6 Å². The van der Waals surface area contributed by atoms with Gasteiger partial charge in [-0.05, 0) is 32.4 Å². The van der Waals surface area contributed by atoms with Gasteiger partial charge in [-0.3, -0.25) is 4.68 Å². The minimum atomic E-state index is -0.506. The first-order chi connectivity index (χ1) is 10.8. The third kappa shape index (κ3) is 5.28. The maximum Gasteiger partial charge on any atom is 0.407 e. The molecule has 0 spiro atoms. The van der Waals surface area contributed by atoms with Crippen molar-refractivity contribution in [1.82, 2.24) is 20.3 Å². The highest BCUT2D eigenvalue weighted by atomic mass is 16.6. The highest BCUT2D eigenvalue weighted by molar-refractivity contribution is 5.68. The van der Waals surface area contributed by atoms with Gasteiger partial charge in [-0.25, -0.2) is 4.79 Å². The molecule has 2 aromatic rings. The number of nitrogens with one attached hydrogen (secondary N) is 2. The molecule has 2 N–H and O–H groups in total. The van der Waals surface area contributed by atoms with Crippen molar-refractivity contribution in [2.24, 2.45) is 7.05 Å². The Kier molecular flexibility index (Phi) is 5.20. The molecule has 1 heterocycles. The zero-order chi connectivity index (χ0) is 16.9. The Morgan fingerprint density at radius 2 is 2.00 bits per heavy atom. The summed E-state index contributed by atoms with van der Waals surface area (Å²) in [5.74, 6) is 0. The largest absolute Gasteiger partial charge is 0.444 e. The molecule has 0 unspecified atom stereocenters. The molecule has 2 rings (SSSR count). The van der Waals surface area contributed by atoms with E-state index in [0.29, 0.717) is 13.1 Å². The van der Waals surface area contributed by atoms with Crippen LogP contribution in [0.3, 0.4) is 0 Å². The average Bonchev–Trinajstić information content (AvgIpc) is 2.87. The van der Waals surface area contributed by atoms with Crippen LogP contribution in [0.25, 0.3) is 0 Å². The molecule has 23 heavy (non-hydrogen) atoms. The summed E-state index contributed by atoms with van der Waals surface area (Å²) in [7, 11) is 1.85. The van der Waals surface area contributed by atoms with E-state index in [4.69, 9.17) is 4.74 Å². The molecule has 7 nitrogen and oxygen atoms in total. The van der Waals surface area contributed by atoms with Crippen molar-refractivity contribution < 1.29 is 9.53 Å². The van der Waals surface area contributed by atoms with E-state index >= 15 is 0 Å². The number of carbonyl (C=O) groups is 1. The number of amides is 1. The lowest BCUT2D eigenvalue weighted by Crippen LogP contribution is -2.32. The number of carbonyl (C=O) groups excluding carboxylic acids is 1. The number of aromatic nitrogens is 3. The molecule has 0 radical (unpaired) electrons. The molecule has 1 amide bonds. The van der Waals surface area contributed by atoms with Gasteiger partial charge in [0.2, 0.25) is 0 Å². The van der Waals surface area contributed by atoms with E-state index in [-0.39, 0.29) is 0 Å². The Bertz CT molecular complexity index is 660. The van der Waals surface area contributed by atoms with Crippen LogP contribution in [-0.2, 0) is 24.9 Å². The second-order valence-corrected chi connectivity index (χ2v) is 6.22. The number of benzene rings is 1. The van der Waals surface area contributed by atoms with Crippen LogP contribution in [-0.4, -0.2) is 26.7 Å². The standard InChI is InChI=1S/C16H23N5O2/c1-16(2,3)23-15(22)18-9-12-7-5-6-8-14(12)17-10-13-11-19-20-21(13)4/h5-8,11,17H,9-10H2,1-4H3,(H,18,22). The van der Waals surface area contributed by atoms with E-state index in [9.17, 15) is 4.79 Å². The summed E-state index contributed by atoms with van der Waals surface area (Å²) in [6.07, 6.45) is 1.29. The molecule has 7 heteroatoms. The van der Waals surface area contributed by atoms with Gasteiger partial charge >= 0.3 is 6.09 Å². The Balaban J connectivity index is 1.95. The van der Waals surface area contributed by atoms with Crippen molar-refractivity contribution in [1.29, 1.82) is 0 Å². The molecule has 0 aliphatic carbocycles. The van der Waals surface area contributed by atoms with Crippen molar-refractivity contribution >= 4 is 11.8 Å². The monoisotopic (exact) mass is 317 g/mol. The number of rotatable bonds is 5. The van der Waals surface area contributed by atoms with Crippen molar-refractivity contribution in [3.63, 3.8) is 0 Å². The van der Waals surface area contributed by atoms with Crippen LogP contribution in [0.2, 0.25) is 0 Å². The van der Waals surface area contributed by atoms with Gasteiger partial charge in [0.1, 0.15) is 5.60 Å². The lowest BCUT2D eigenvalue weighted by atomic mass is 10.1. The second-order valence-electron chi connectivity index (χ2n) is 6.22. The van der Waals surface area contributed by atoms with Crippen LogP contribution in [0.5, 0.6) is 0 Å². The van der Waals surface area contributed by atoms with Gasteiger partial charge in [-0.2, -0.15) is 0 Å². The van der Waals surface area contributed by atoms with Gasteiger partial charge in [-0.15, -0.1) is 5.10 Å². The van der Waals surface area contributed by atoms with Gasteiger partial charge in [0.15, 0.2) is 0 Å². The van der Waals surface area contributed by atoms with Crippen molar-refractivity contribution in [3.8, 4) is 0 Å². The summed E-state index contributed by atoms with van der Waals surface area (Å²) in [5.41, 5.74) is 2.40. The fourth-order valence-corrected chi connectivity index (χ4v) is 1.99. The summed E-state index contributed by atoms with van der Waals surface area (Å²) in [5, 5.41) is 13.9. The average molecular weight is 317 g/mol. The first-order valence-electron chi connectivity index (χ1n) is 7.47. The maximum atomic E-state index is 11.8. The Labute approximate surface area is 136 Å². The topological polar surface area (TPSA) is 81.1 Å². The summed E-state index contributed by atoms with van der Waals surface area (Å²) in [4.78, 5) is 11.8. The molecule has 0 fully saturated rings. The molecule has 0 saturated carbocycles. The fourth-order valence-electron chi connectivity index (χ4n) is 1.99. The van der Waals surface area contributed by atoms with Crippen molar-refractivity contribution in [2.45, 2.75) is 39.5 Å². The lowest BCUT2D eigenvalue weighted by molar-refractivity contribution is 0.0523. The predicted molar refractivity (Wildman–Crippen MR) is 87.8 cm³/mol. The number of hydrogen-bond acceptors (Lipinski definition) is 5. The summed E-state index contributed by atoms with van der Waals surface area (Å²) < 4.78 is 6.96. The summed E-state index contributed by atoms with van der Waals surface area (Å²) in [6.45, 7) is 6.51. The molecule has 1 aromatic carbocycles.